The van der Waals surface area contributed by atoms with Crippen molar-refractivity contribution in [3.63, 3.8) is 0 Å². The molecule has 16 heavy (non-hydrogen) atoms. The van der Waals surface area contributed by atoms with Crippen molar-refractivity contribution in [2.24, 2.45) is 0 Å². The number of benzene rings is 1. The average Bonchev–Trinajstić information content (AvgIpc) is 2.30. The molecule has 0 radical (unpaired) electrons. The number of aliphatic hydroxyl groups excluding tert-OH is 1. The van der Waals surface area contributed by atoms with Crippen LogP contribution in [-0.2, 0) is 0 Å². The van der Waals surface area contributed by atoms with Crippen LogP contribution in [0.25, 0.3) is 0 Å². The minimum atomic E-state index is -0.365. The van der Waals surface area contributed by atoms with Crippen molar-refractivity contribution < 1.29 is 14.2 Å². The van der Waals surface area contributed by atoms with Crippen molar-refractivity contribution in [3.8, 4) is 17.6 Å². The van der Waals surface area contributed by atoms with Gasteiger partial charge in [-0.1, -0.05) is 17.9 Å². The van der Waals surface area contributed by atoms with Crippen LogP contribution in [0.2, 0.25) is 0 Å². The molecule has 0 saturated carbocycles. The van der Waals surface area contributed by atoms with Crippen molar-refractivity contribution in [2.45, 2.75) is 12.8 Å². The second-order valence-electron chi connectivity index (χ2n) is 3.19. The third-order valence-electron chi connectivity index (χ3n) is 1.85. The molecule has 1 aromatic carbocycles. The lowest BCUT2D eigenvalue weighted by Gasteiger charge is -2.04. The van der Waals surface area contributed by atoms with E-state index >= 15 is 0 Å². The minimum Gasteiger partial charge on any atom is -0.493 e. The summed E-state index contributed by atoms with van der Waals surface area (Å²) in [4.78, 5) is 0. The maximum absolute atomic E-state index is 11.9. The third-order valence-corrected chi connectivity index (χ3v) is 1.85. The van der Waals surface area contributed by atoms with Crippen molar-refractivity contribution in [3.05, 3.63) is 29.8 Å². The molecule has 0 bridgehead atoms. The molecule has 0 aliphatic rings. The first kappa shape index (κ1) is 12.5. The highest BCUT2D eigenvalue weighted by Crippen LogP contribution is 2.12. The molecule has 2 nitrogen and oxygen atoms in total. The first-order valence-electron chi connectivity index (χ1n) is 5.25. The number of hydrogen-bond acceptors (Lipinski definition) is 2. The Morgan fingerprint density at radius 1 is 1.38 bits per heavy atom. The van der Waals surface area contributed by atoms with Crippen LogP contribution < -0.4 is 4.74 Å². The van der Waals surface area contributed by atoms with Crippen LogP contribution in [0.4, 0.5) is 4.39 Å². The van der Waals surface area contributed by atoms with E-state index in [-0.39, 0.29) is 13.3 Å². The molecule has 0 heterocycles. The Morgan fingerprint density at radius 3 is 3.00 bits per heavy atom. The lowest BCUT2D eigenvalue weighted by Crippen LogP contribution is -1.97. The Bertz CT molecular complexity index is 366. The van der Waals surface area contributed by atoms with Crippen molar-refractivity contribution in [2.75, 3.05) is 19.9 Å². The molecule has 0 spiro atoms. The van der Waals surface area contributed by atoms with Gasteiger partial charge < -0.3 is 9.84 Å². The van der Waals surface area contributed by atoms with E-state index in [1.165, 1.54) is 0 Å². The highest BCUT2D eigenvalue weighted by molar-refractivity contribution is 5.39. The van der Waals surface area contributed by atoms with Gasteiger partial charge in [0.1, 0.15) is 5.75 Å². The number of ether oxygens (including phenoxy) is 1. The molecule has 1 rings (SSSR count). The fourth-order valence-corrected chi connectivity index (χ4v) is 1.13. The Labute approximate surface area is 95.1 Å². The second kappa shape index (κ2) is 7.72. The first-order chi connectivity index (χ1) is 7.86. The van der Waals surface area contributed by atoms with E-state index in [4.69, 9.17) is 9.84 Å². The Hall–Kier alpha value is -1.53. The summed E-state index contributed by atoms with van der Waals surface area (Å²) < 4.78 is 17.2. The Morgan fingerprint density at radius 2 is 2.25 bits per heavy atom. The number of hydrogen-bond donors (Lipinski definition) is 1. The van der Waals surface area contributed by atoms with Crippen molar-refractivity contribution >= 4 is 0 Å². The number of rotatable bonds is 5. The maximum Gasteiger partial charge on any atom is 0.120 e. The molecule has 86 valence electrons. The van der Waals surface area contributed by atoms with Crippen LogP contribution in [0.3, 0.4) is 0 Å². The van der Waals surface area contributed by atoms with Crippen molar-refractivity contribution in [1.29, 1.82) is 0 Å². The molecule has 1 aromatic rings. The predicted molar refractivity (Wildman–Crippen MR) is 61.1 cm³/mol. The highest BCUT2D eigenvalue weighted by Gasteiger charge is 1.94. The van der Waals surface area contributed by atoms with E-state index in [0.29, 0.717) is 25.2 Å². The van der Waals surface area contributed by atoms with E-state index in [1.54, 1.807) is 0 Å². The summed E-state index contributed by atoms with van der Waals surface area (Å²) in [5, 5.41) is 8.58. The van der Waals surface area contributed by atoms with Crippen LogP contribution in [0.1, 0.15) is 18.4 Å². The molecule has 3 heteroatoms. The van der Waals surface area contributed by atoms with Gasteiger partial charge in [-0.3, -0.25) is 4.39 Å². The fraction of sp³-hybridized carbons (Fsp3) is 0.385. The van der Waals surface area contributed by atoms with Crippen LogP contribution in [0.15, 0.2) is 24.3 Å². The van der Waals surface area contributed by atoms with Gasteiger partial charge in [0.05, 0.1) is 19.9 Å². The smallest absolute Gasteiger partial charge is 0.120 e. The van der Waals surface area contributed by atoms with E-state index in [2.05, 4.69) is 11.8 Å². The number of halogens is 1. The lowest BCUT2D eigenvalue weighted by atomic mass is 10.2. The molecular weight excluding hydrogens is 207 g/mol. The normalized spacial score (nSPS) is 9.38. The Balaban J connectivity index is 2.54. The third kappa shape index (κ3) is 4.81. The summed E-state index contributed by atoms with van der Waals surface area (Å²) in [7, 11) is 0. The van der Waals surface area contributed by atoms with Gasteiger partial charge in [-0.25, -0.2) is 0 Å². The quantitative estimate of drug-likeness (QED) is 0.611. The topological polar surface area (TPSA) is 29.5 Å². The Kier molecular flexibility index (Phi) is 6.05. The highest BCUT2D eigenvalue weighted by atomic mass is 19.1. The summed E-state index contributed by atoms with van der Waals surface area (Å²) in [6.07, 6.45) is 0.868. The second-order valence-corrected chi connectivity index (χ2v) is 3.19. The van der Waals surface area contributed by atoms with Gasteiger partial charge in [0, 0.05) is 18.4 Å². The number of alkyl halides is 1. The minimum absolute atomic E-state index is 0.0691. The first-order valence-corrected chi connectivity index (χ1v) is 5.25. The number of aliphatic hydroxyl groups is 1. The summed E-state index contributed by atoms with van der Waals surface area (Å²) in [6, 6.07) is 7.33. The van der Waals surface area contributed by atoms with Crippen LogP contribution >= 0.6 is 0 Å². The zero-order valence-corrected chi connectivity index (χ0v) is 9.08. The molecule has 1 N–H and O–H groups in total. The summed E-state index contributed by atoms with van der Waals surface area (Å²) in [5.74, 6) is 6.44. The molecule has 0 saturated heterocycles. The van der Waals surface area contributed by atoms with Gasteiger partial charge in [0.15, 0.2) is 0 Å². The van der Waals surface area contributed by atoms with E-state index in [9.17, 15) is 4.39 Å². The summed E-state index contributed by atoms with van der Waals surface area (Å²) in [5.41, 5.74) is 0.839. The fourth-order valence-electron chi connectivity index (χ4n) is 1.13. The van der Waals surface area contributed by atoms with Gasteiger partial charge in [-0.15, -0.1) is 0 Å². The van der Waals surface area contributed by atoms with Gasteiger partial charge in [0.2, 0.25) is 0 Å². The molecule has 0 atom stereocenters. The van der Waals surface area contributed by atoms with Crippen LogP contribution in [0.5, 0.6) is 5.75 Å². The molecule has 0 fully saturated rings. The van der Waals surface area contributed by atoms with Crippen LogP contribution in [-0.4, -0.2) is 25.0 Å². The SMILES string of the molecule is OCCC#Cc1cccc(OCCCF)c1. The summed E-state index contributed by atoms with van der Waals surface area (Å²) >= 11 is 0. The molecule has 0 aromatic heterocycles. The van der Waals surface area contributed by atoms with E-state index in [0.717, 1.165) is 5.56 Å². The standard InChI is InChI=1S/C13H15FO2/c14-8-4-10-16-13-7-3-6-12(11-13)5-1-2-9-15/h3,6-7,11,15H,2,4,8-10H2. The zero-order valence-electron chi connectivity index (χ0n) is 9.08. The molecule has 0 aliphatic carbocycles. The van der Waals surface area contributed by atoms with E-state index in [1.807, 2.05) is 24.3 Å². The molecule has 0 amide bonds. The van der Waals surface area contributed by atoms with Gasteiger partial charge >= 0.3 is 0 Å². The predicted octanol–water partition coefficient (Wildman–Crippen LogP) is 2.16. The van der Waals surface area contributed by atoms with E-state index < -0.39 is 0 Å². The van der Waals surface area contributed by atoms with Crippen molar-refractivity contribution in [1.82, 2.24) is 0 Å². The van der Waals surface area contributed by atoms with Gasteiger partial charge in [-0.2, -0.15) is 0 Å². The van der Waals surface area contributed by atoms with Gasteiger partial charge in [-0.05, 0) is 18.2 Å². The molecule has 0 aliphatic heterocycles. The lowest BCUT2D eigenvalue weighted by molar-refractivity contribution is 0.289. The van der Waals surface area contributed by atoms with Crippen LogP contribution in [0, 0.1) is 11.8 Å². The zero-order chi connectivity index (χ0) is 11.6. The molecule has 0 unspecified atom stereocenters. The maximum atomic E-state index is 11.9. The average molecular weight is 222 g/mol. The monoisotopic (exact) mass is 222 g/mol. The molecular formula is C13H15FO2. The van der Waals surface area contributed by atoms with Gasteiger partial charge in [0.25, 0.3) is 0 Å². The summed E-state index contributed by atoms with van der Waals surface area (Å²) in [6.45, 7) is 0.0830. The largest absolute Gasteiger partial charge is 0.493 e.